The maximum absolute atomic E-state index is 13.1. The average Bonchev–Trinajstić information content (AvgIpc) is 3.31. The summed E-state index contributed by atoms with van der Waals surface area (Å²) in [7, 11) is 1.61. The number of para-hydroxylation sites is 2. The predicted molar refractivity (Wildman–Crippen MR) is 140 cm³/mol. The number of imidazole rings is 1. The third-order valence-corrected chi connectivity index (χ3v) is 7.40. The molecule has 0 amide bonds. The van der Waals surface area contributed by atoms with Gasteiger partial charge in [-0.2, -0.15) is 0 Å². The quantitative estimate of drug-likeness (QED) is 0.247. The van der Waals surface area contributed by atoms with Crippen LogP contribution >= 0.6 is 49.9 Å². The van der Waals surface area contributed by atoms with E-state index in [1.165, 1.54) is 14.9 Å². The van der Waals surface area contributed by atoms with Crippen LogP contribution in [0.2, 0.25) is 0 Å². The first kappa shape index (κ1) is 21.4. The monoisotopic (exact) mass is 618 g/mol. The van der Waals surface area contributed by atoms with Crippen LogP contribution in [0.5, 0.6) is 11.5 Å². The van der Waals surface area contributed by atoms with E-state index in [1.54, 1.807) is 11.5 Å². The molecule has 0 spiro atoms. The Morgan fingerprint density at radius 1 is 1.12 bits per heavy atom. The van der Waals surface area contributed by atoms with Gasteiger partial charge in [-0.15, -0.1) is 0 Å². The molecule has 0 bridgehead atoms. The van der Waals surface area contributed by atoms with E-state index in [0.717, 1.165) is 26.6 Å². The molecule has 0 unspecified atom stereocenters. The van der Waals surface area contributed by atoms with Gasteiger partial charge >= 0.3 is 0 Å². The van der Waals surface area contributed by atoms with Crippen molar-refractivity contribution in [2.45, 2.75) is 6.61 Å². The van der Waals surface area contributed by atoms with Gasteiger partial charge in [-0.1, -0.05) is 51.5 Å². The lowest BCUT2D eigenvalue weighted by atomic mass is 10.2. The summed E-state index contributed by atoms with van der Waals surface area (Å²) in [5, 5.41) is 0. The van der Waals surface area contributed by atoms with E-state index in [9.17, 15) is 4.79 Å². The molecule has 160 valence electrons. The van der Waals surface area contributed by atoms with Crippen molar-refractivity contribution in [2.75, 3.05) is 7.11 Å². The lowest BCUT2D eigenvalue weighted by Crippen LogP contribution is -2.22. The SMILES string of the molecule is COc1cc(/C=c2\sc3nc4ccccc4n3c2=O)c(Br)cc1OCc1ccc(I)cc1. The van der Waals surface area contributed by atoms with Gasteiger partial charge in [0, 0.05) is 8.04 Å². The number of benzene rings is 3. The molecular weight excluding hydrogens is 603 g/mol. The van der Waals surface area contributed by atoms with Crippen molar-refractivity contribution in [3.8, 4) is 11.5 Å². The molecule has 5 nitrogen and oxygen atoms in total. The minimum atomic E-state index is -0.0800. The molecule has 2 aromatic heterocycles. The van der Waals surface area contributed by atoms with Gasteiger partial charge in [0.25, 0.3) is 5.56 Å². The normalized spacial score (nSPS) is 12.0. The Bertz CT molecular complexity index is 1560. The van der Waals surface area contributed by atoms with E-state index in [-0.39, 0.29) is 5.56 Å². The summed E-state index contributed by atoms with van der Waals surface area (Å²) in [5.41, 5.74) is 3.46. The van der Waals surface area contributed by atoms with Crippen molar-refractivity contribution in [3.63, 3.8) is 0 Å². The van der Waals surface area contributed by atoms with E-state index in [4.69, 9.17) is 9.47 Å². The smallest absolute Gasteiger partial charge is 0.274 e. The Morgan fingerprint density at radius 2 is 1.91 bits per heavy atom. The first-order valence-electron chi connectivity index (χ1n) is 9.70. The summed E-state index contributed by atoms with van der Waals surface area (Å²) >= 11 is 7.26. The summed E-state index contributed by atoms with van der Waals surface area (Å²) in [4.78, 5) is 18.3. The zero-order valence-corrected chi connectivity index (χ0v) is 21.4. The van der Waals surface area contributed by atoms with Crippen LogP contribution in [0.4, 0.5) is 0 Å². The van der Waals surface area contributed by atoms with Crippen LogP contribution in [0.15, 0.2) is 69.9 Å². The van der Waals surface area contributed by atoms with Crippen molar-refractivity contribution in [3.05, 3.63) is 94.7 Å². The van der Waals surface area contributed by atoms with Crippen molar-refractivity contribution in [1.29, 1.82) is 0 Å². The molecular formula is C24H16BrIN2O3S. The fraction of sp³-hybridized carbons (Fsp3) is 0.0833. The van der Waals surface area contributed by atoms with Gasteiger partial charge in [0.2, 0.25) is 0 Å². The highest BCUT2D eigenvalue weighted by atomic mass is 127. The van der Waals surface area contributed by atoms with E-state index in [0.29, 0.717) is 27.6 Å². The molecule has 3 aromatic carbocycles. The molecule has 0 aliphatic carbocycles. The molecule has 0 N–H and O–H groups in total. The topological polar surface area (TPSA) is 52.8 Å². The minimum Gasteiger partial charge on any atom is -0.493 e. The van der Waals surface area contributed by atoms with Gasteiger partial charge in [-0.25, -0.2) is 9.38 Å². The number of halogens is 2. The Hall–Kier alpha value is -2.43. The highest BCUT2D eigenvalue weighted by Gasteiger charge is 2.13. The number of methoxy groups -OCH3 is 1. The zero-order valence-electron chi connectivity index (χ0n) is 16.8. The molecule has 0 atom stereocenters. The average molecular weight is 619 g/mol. The molecule has 0 saturated carbocycles. The summed E-state index contributed by atoms with van der Waals surface area (Å²) in [6.45, 7) is 0.433. The van der Waals surface area contributed by atoms with Gasteiger partial charge in [0.1, 0.15) is 6.61 Å². The molecule has 2 heterocycles. The van der Waals surface area contributed by atoms with E-state index in [1.807, 2.05) is 66.7 Å². The molecule has 0 saturated heterocycles. The third-order valence-electron chi connectivity index (χ3n) is 5.02. The van der Waals surface area contributed by atoms with E-state index < -0.39 is 0 Å². The van der Waals surface area contributed by atoms with Crippen molar-refractivity contribution in [2.24, 2.45) is 0 Å². The highest BCUT2D eigenvalue weighted by Crippen LogP contribution is 2.34. The van der Waals surface area contributed by atoms with Crippen LogP contribution in [0.25, 0.3) is 22.1 Å². The minimum absolute atomic E-state index is 0.0800. The number of aromatic nitrogens is 2. The lowest BCUT2D eigenvalue weighted by molar-refractivity contribution is 0.284. The van der Waals surface area contributed by atoms with Crippen LogP contribution in [-0.4, -0.2) is 16.5 Å². The number of rotatable bonds is 5. The number of ether oxygens (including phenoxy) is 2. The fourth-order valence-corrected chi connectivity index (χ4v) is 5.20. The number of fused-ring (bicyclic) bond motifs is 3. The molecule has 5 rings (SSSR count). The molecule has 32 heavy (non-hydrogen) atoms. The van der Waals surface area contributed by atoms with Crippen LogP contribution < -0.4 is 19.6 Å². The maximum atomic E-state index is 13.1. The second-order valence-corrected chi connectivity index (χ2v) is 10.2. The molecule has 0 aliphatic heterocycles. The Balaban J connectivity index is 1.51. The maximum Gasteiger partial charge on any atom is 0.274 e. The Morgan fingerprint density at radius 3 is 2.69 bits per heavy atom. The molecule has 0 aliphatic rings. The van der Waals surface area contributed by atoms with Crippen LogP contribution in [0.3, 0.4) is 0 Å². The predicted octanol–water partition coefficient (Wildman–Crippen LogP) is 5.41. The first-order chi connectivity index (χ1) is 15.5. The lowest BCUT2D eigenvalue weighted by Gasteiger charge is -2.13. The van der Waals surface area contributed by atoms with Crippen LogP contribution in [0, 0.1) is 3.57 Å². The summed E-state index contributed by atoms with van der Waals surface area (Å²) < 4.78 is 15.8. The number of thiazole rings is 1. The molecule has 0 fully saturated rings. The second kappa shape index (κ2) is 8.84. The Kier molecular flexibility index (Phi) is 5.92. The summed E-state index contributed by atoms with van der Waals surface area (Å²) in [6, 6.07) is 19.6. The number of nitrogens with zero attached hydrogens (tertiary/aromatic N) is 2. The fourth-order valence-electron chi connectivity index (χ4n) is 3.43. The van der Waals surface area contributed by atoms with Gasteiger partial charge in [0.05, 0.1) is 22.7 Å². The Labute approximate surface area is 209 Å². The first-order valence-corrected chi connectivity index (χ1v) is 12.4. The van der Waals surface area contributed by atoms with Crippen molar-refractivity contribution in [1.82, 2.24) is 9.38 Å². The number of hydrogen-bond donors (Lipinski definition) is 0. The second-order valence-electron chi connectivity index (χ2n) is 7.07. The summed E-state index contributed by atoms with van der Waals surface area (Å²) in [6.07, 6.45) is 1.85. The van der Waals surface area contributed by atoms with Crippen LogP contribution in [0.1, 0.15) is 11.1 Å². The van der Waals surface area contributed by atoms with Crippen molar-refractivity contribution < 1.29 is 9.47 Å². The van der Waals surface area contributed by atoms with Gasteiger partial charge in [-0.05, 0) is 76.2 Å². The van der Waals surface area contributed by atoms with Gasteiger partial charge < -0.3 is 9.47 Å². The standard InChI is InChI=1S/C24H16BrIN2O3S/c1-30-20-10-15(17(25)12-21(20)31-13-14-6-8-16(26)9-7-14)11-22-23(29)28-19-5-3-2-4-18(19)27-24(28)32-22/h2-12H,13H2,1H3/b22-11-. The number of hydrogen-bond acceptors (Lipinski definition) is 5. The van der Waals surface area contributed by atoms with Gasteiger partial charge in [0.15, 0.2) is 16.5 Å². The molecule has 8 heteroatoms. The highest BCUT2D eigenvalue weighted by molar-refractivity contribution is 14.1. The van der Waals surface area contributed by atoms with E-state index in [2.05, 4.69) is 43.5 Å². The van der Waals surface area contributed by atoms with Gasteiger partial charge in [-0.3, -0.25) is 4.79 Å². The van der Waals surface area contributed by atoms with Crippen molar-refractivity contribution >= 4 is 71.9 Å². The zero-order chi connectivity index (χ0) is 22.2. The molecule has 5 aromatic rings. The van der Waals surface area contributed by atoms with E-state index >= 15 is 0 Å². The van der Waals surface area contributed by atoms with Crippen LogP contribution in [-0.2, 0) is 6.61 Å². The molecule has 0 radical (unpaired) electrons. The summed E-state index contributed by atoms with van der Waals surface area (Å²) in [5.74, 6) is 1.23. The third kappa shape index (κ3) is 4.02. The largest absolute Gasteiger partial charge is 0.493 e.